The van der Waals surface area contributed by atoms with Crippen LogP contribution in [0.2, 0.25) is 15.3 Å². The summed E-state index contributed by atoms with van der Waals surface area (Å²) in [4.78, 5) is 51.8. The first-order valence-electron chi connectivity index (χ1n) is 14.7. The van der Waals surface area contributed by atoms with Crippen molar-refractivity contribution in [2.45, 2.75) is 12.8 Å². The quantitative estimate of drug-likeness (QED) is 0.0942. The van der Waals surface area contributed by atoms with Crippen molar-refractivity contribution in [3.05, 3.63) is 111 Å². The smallest absolute Gasteiger partial charge is 0.253 e. The molecule has 6 N–H and O–H groups in total. The third-order valence-corrected chi connectivity index (χ3v) is 7.75. The summed E-state index contributed by atoms with van der Waals surface area (Å²) in [6, 6.07) is 19.7. The fraction of sp³-hybridized carbons (Fsp3) is 0.121. The Morgan fingerprint density at radius 2 is 1.29 bits per heavy atom. The summed E-state index contributed by atoms with van der Waals surface area (Å²) in [5.41, 5.74) is 4.78. The van der Waals surface area contributed by atoms with E-state index in [2.05, 4.69) is 51.8 Å². The maximum atomic E-state index is 12.1. The van der Waals surface area contributed by atoms with Gasteiger partial charge in [0.2, 0.25) is 17.1 Å². The van der Waals surface area contributed by atoms with Crippen LogP contribution >= 0.6 is 34.8 Å². The number of nitrogens with zero attached hydrogens (tertiary/aromatic N) is 4. The van der Waals surface area contributed by atoms with E-state index in [-0.39, 0.29) is 23.0 Å². The normalized spacial score (nSPS) is 11.6. The molecule has 0 spiro atoms. The van der Waals surface area contributed by atoms with Gasteiger partial charge in [0.15, 0.2) is 11.6 Å². The van der Waals surface area contributed by atoms with E-state index >= 15 is 0 Å². The maximum Gasteiger partial charge on any atom is 0.253 e. The number of aromatic nitrogens is 4. The number of para-hydroxylation sites is 2. The highest BCUT2D eigenvalue weighted by Gasteiger charge is 2.16. The Bertz CT molecular complexity index is 2030. The average Bonchev–Trinajstić information content (AvgIpc) is 3.11. The zero-order valence-corrected chi connectivity index (χ0v) is 28.3. The summed E-state index contributed by atoms with van der Waals surface area (Å²) in [5.74, 6) is 0.659. The Morgan fingerprint density at radius 3 is 1.90 bits per heavy atom. The number of fused-ring (bicyclic) bond motifs is 1. The third-order valence-electron chi connectivity index (χ3n) is 7.02. The van der Waals surface area contributed by atoms with Crippen LogP contribution in [0.5, 0.6) is 0 Å². The van der Waals surface area contributed by atoms with Crippen LogP contribution in [-0.2, 0) is 11.2 Å². The molecule has 16 heteroatoms. The molecule has 6 rings (SSSR count). The van der Waals surface area contributed by atoms with Gasteiger partial charge in [-0.25, -0.2) is 9.97 Å². The lowest BCUT2D eigenvalue weighted by molar-refractivity contribution is -0.116. The van der Waals surface area contributed by atoms with Gasteiger partial charge in [0.1, 0.15) is 10.0 Å². The van der Waals surface area contributed by atoms with Gasteiger partial charge < -0.3 is 31.9 Å². The Labute approximate surface area is 296 Å². The highest BCUT2D eigenvalue weighted by molar-refractivity contribution is 6.34. The molecule has 0 fully saturated rings. The van der Waals surface area contributed by atoms with Gasteiger partial charge in [-0.1, -0.05) is 47.5 Å². The van der Waals surface area contributed by atoms with E-state index in [0.29, 0.717) is 63.0 Å². The maximum absolute atomic E-state index is 12.1. The second kappa shape index (κ2) is 16.1. The van der Waals surface area contributed by atoms with E-state index in [1.165, 1.54) is 12.4 Å². The van der Waals surface area contributed by atoms with Crippen molar-refractivity contribution in [2.75, 3.05) is 35.4 Å². The molecule has 0 aliphatic carbocycles. The summed E-state index contributed by atoms with van der Waals surface area (Å²) >= 11 is 17.9. The largest absolute Gasteiger partial charge is 0.355 e. The van der Waals surface area contributed by atoms with E-state index in [4.69, 9.17) is 34.8 Å². The minimum absolute atomic E-state index is 0.0250. The first-order chi connectivity index (χ1) is 23.6. The molecule has 0 saturated carbocycles. The Morgan fingerprint density at radius 1 is 0.714 bits per heavy atom. The van der Waals surface area contributed by atoms with Gasteiger partial charge in [-0.3, -0.25) is 14.4 Å². The van der Waals surface area contributed by atoms with Gasteiger partial charge in [0, 0.05) is 31.9 Å². The molecule has 5 aromatic rings. The summed E-state index contributed by atoms with van der Waals surface area (Å²) in [6.45, 7) is 0. The molecule has 1 aliphatic rings. The van der Waals surface area contributed by atoms with Gasteiger partial charge in [-0.15, -0.1) is 0 Å². The summed E-state index contributed by atoms with van der Waals surface area (Å²) < 4.78 is 0. The van der Waals surface area contributed by atoms with Crippen LogP contribution in [-0.4, -0.2) is 51.8 Å². The number of halogens is 3. The van der Waals surface area contributed by atoms with Crippen LogP contribution in [0, 0.1) is 0 Å². The second-order valence-electron chi connectivity index (χ2n) is 10.3. The molecule has 0 radical (unpaired) electrons. The molecule has 0 bridgehead atoms. The van der Waals surface area contributed by atoms with Crippen molar-refractivity contribution in [1.82, 2.24) is 30.6 Å². The van der Waals surface area contributed by atoms with Gasteiger partial charge in [0.25, 0.3) is 11.8 Å². The molecule has 3 amide bonds. The van der Waals surface area contributed by atoms with Crippen molar-refractivity contribution in [3.63, 3.8) is 0 Å². The number of hydrogen-bond donors (Lipinski definition) is 6. The zero-order chi connectivity index (χ0) is 34.9. The molecule has 13 nitrogen and oxygen atoms in total. The second-order valence-corrected chi connectivity index (χ2v) is 11.4. The highest BCUT2D eigenvalue weighted by Crippen LogP contribution is 2.30. The van der Waals surface area contributed by atoms with Gasteiger partial charge in [0.05, 0.1) is 34.9 Å². The van der Waals surface area contributed by atoms with Crippen LogP contribution < -0.4 is 31.9 Å². The van der Waals surface area contributed by atoms with E-state index < -0.39 is 0 Å². The molecule has 0 atom stereocenters. The predicted octanol–water partition coefficient (Wildman–Crippen LogP) is 6.75. The highest BCUT2D eigenvalue weighted by atomic mass is 35.5. The lowest BCUT2D eigenvalue weighted by Gasteiger charge is -2.18. The number of amides is 3. The van der Waals surface area contributed by atoms with E-state index in [9.17, 15) is 14.4 Å². The number of rotatable bonds is 8. The first kappa shape index (κ1) is 34.8. The SMILES string of the molecule is CNC(=O)c1ccccc1Nc1nc(Cl)ncc1Cl.CNC(=O)c1ccccc1Nc1nc(Nc2ccc3c(c2)CCC(=O)N3)ncc1Cl. The standard InChI is InChI=1S/C21H19ClN6O2.C12H10Cl2N4O/c1-23-20(30)14-4-2-3-5-17(14)27-19-15(22)11-24-21(28-19)25-13-7-8-16-12(10-13)6-9-18(29)26-16;1-15-11(19)7-4-2-3-5-9(7)17-10-8(13)6-16-12(14)18-10/h2-5,7-8,10-11H,6,9H2,1H3,(H,23,30)(H,26,29)(H2,24,25,27,28);2-6H,1H3,(H,15,19)(H,16,17,18). The van der Waals surface area contributed by atoms with Gasteiger partial charge in [-0.2, -0.15) is 9.97 Å². The summed E-state index contributed by atoms with van der Waals surface area (Å²) in [5, 5.41) is 18.0. The lowest BCUT2D eigenvalue weighted by Crippen LogP contribution is -2.19. The third kappa shape index (κ3) is 8.90. The molecule has 1 aliphatic heterocycles. The molecular weight excluding hydrogens is 691 g/mol. The Hall–Kier alpha value is -5.50. The van der Waals surface area contributed by atoms with Crippen LogP contribution in [0.15, 0.2) is 79.1 Å². The topological polar surface area (TPSA) is 175 Å². The fourth-order valence-corrected chi connectivity index (χ4v) is 5.05. The number of hydrogen-bond acceptors (Lipinski definition) is 10. The minimum Gasteiger partial charge on any atom is -0.355 e. The first-order valence-corrected chi connectivity index (χ1v) is 15.8. The van der Waals surface area contributed by atoms with Crippen molar-refractivity contribution < 1.29 is 14.4 Å². The number of anilines is 7. The molecule has 0 saturated heterocycles. The monoisotopic (exact) mass is 718 g/mol. The summed E-state index contributed by atoms with van der Waals surface area (Å²) in [6.07, 6.45) is 4.02. The Kier molecular flexibility index (Phi) is 11.4. The van der Waals surface area contributed by atoms with Gasteiger partial charge >= 0.3 is 0 Å². The Balaban J connectivity index is 0.000000212. The van der Waals surface area contributed by atoms with Crippen molar-refractivity contribution >= 4 is 92.9 Å². The van der Waals surface area contributed by atoms with Crippen LogP contribution in [0.3, 0.4) is 0 Å². The number of benzene rings is 3. The van der Waals surface area contributed by atoms with Crippen LogP contribution in [0.25, 0.3) is 0 Å². The number of carbonyl (C=O) groups is 3. The molecule has 0 unspecified atom stereocenters. The lowest BCUT2D eigenvalue weighted by atomic mass is 10.0. The van der Waals surface area contributed by atoms with E-state index in [1.54, 1.807) is 56.6 Å². The van der Waals surface area contributed by atoms with E-state index in [1.807, 2.05) is 24.3 Å². The zero-order valence-electron chi connectivity index (χ0n) is 26.1. The van der Waals surface area contributed by atoms with Crippen molar-refractivity contribution in [3.8, 4) is 0 Å². The molecule has 2 aromatic heterocycles. The van der Waals surface area contributed by atoms with Gasteiger partial charge in [-0.05, 0) is 66.0 Å². The molecule has 3 heterocycles. The summed E-state index contributed by atoms with van der Waals surface area (Å²) in [7, 11) is 3.14. The van der Waals surface area contributed by atoms with Crippen molar-refractivity contribution in [1.29, 1.82) is 0 Å². The molecule has 250 valence electrons. The fourth-order valence-electron chi connectivity index (χ4n) is 4.64. The van der Waals surface area contributed by atoms with Crippen molar-refractivity contribution in [2.24, 2.45) is 0 Å². The van der Waals surface area contributed by atoms with E-state index in [0.717, 1.165) is 16.9 Å². The number of carbonyl (C=O) groups excluding carboxylic acids is 3. The predicted molar refractivity (Wildman–Crippen MR) is 192 cm³/mol. The average molecular weight is 720 g/mol. The van der Waals surface area contributed by atoms with Crippen LogP contribution in [0.1, 0.15) is 32.7 Å². The molecule has 49 heavy (non-hydrogen) atoms. The molecular formula is C33H29Cl3N10O3. The molecule has 3 aromatic carbocycles. The number of aryl methyl sites for hydroxylation is 1. The van der Waals surface area contributed by atoms with Crippen LogP contribution in [0.4, 0.5) is 40.3 Å². The minimum atomic E-state index is -0.220. The number of nitrogens with one attached hydrogen (secondary N) is 6.